The molecule has 1 heterocycles. The maximum Gasteiger partial charge on any atom is 0.255 e. The van der Waals surface area contributed by atoms with E-state index >= 15 is 0 Å². The van der Waals surface area contributed by atoms with E-state index < -0.39 is 0 Å². The van der Waals surface area contributed by atoms with Crippen LogP contribution in [0.2, 0.25) is 0 Å². The molecule has 1 saturated heterocycles. The number of likely N-dealkylation sites (tertiary alicyclic amines) is 1. The van der Waals surface area contributed by atoms with Crippen LogP contribution in [0.5, 0.6) is 0 Å². The zero-order valence-corrected chi connectivity index (χ0v) is 13.1. The minimum Gasteiger partial charge on any atom is -0.335 e. The van der Waals surface area contributed by atoms with E-state index in [-0.39, 0.29) is 17.8 Å². The van der Waals surface area contributed by atoms with Crippen LogP contribution < -0.4 is 0 Å². The quantitative estimate of drug-likeness (QED) is 0.760. The monoisotopic (exact) mass is 327 g/mol. The first-order valence-electron chi connectivity index (χ1n) is 6.66. The molecule has 2 nitrogen and oxygen atoms in total. The standard InChI is InChI=1S/C15H19BrFNO/c1-9-6-10(2)11(3)18(8-9)15(19)13-7-12(17)4-5-14(13)16/h4-5,7,9-11H,6,8H2,1-3H3. The van der Waals surface area contributed by atoms with Crippen molar-refractivity contribution in [2.24, 2.45) is 11.8 Å². The number of nitrogens with zero attached hydrogens (tertiary/aromatic N) is 1. The lowest BCUT2D eigenvalue weighted by atomic mass is 9.85. The number of hydrogen-bond donors (Lipinski definition) is 0. The Labute approximate surface area is 122 Å². The SMILES string of the molecule is CC1CC(C)C(C)N(C(=O)c2cc(F)ccc2Br)C1. The number of carbonyl (C=O) groups excluding carboxylic acids is 1. The van der Waals surface area contributed by atoms with Crippen molar-refractivity contribution in [2.75, 3.05) is 6.54 Å². The van der Waals surface area contributed by atoms with Crippen LogP contribution in [0, 0.1) is 17.7 Å². The number of benzene rings is 1. The fraction of sp³-hybridized carbons (Fsp3) is 0.533. The molecule has 104 valence electrons. The molecule has 2 rings (SSSR count). The number of rotatable bonds is 1. The van der Waals surface area contributed by atoms with Crippen LogP contribution in [0.4, 0.5) is 4.39 Å². The maximum atomic E-state index is 13.3. The summed E-state index contributed by atoms with van der Waals surface area (Å²) in [5.74, 6) is 0.497. The molecule has 0 spiro atoms. The molecular formula is C15H19BrFNO. The second kappa shape index (κ2) is 5.61. The molecule has 3 atom stereocenters. The van der Waals surface area contributed by atoms with Crippen LogP contribution in [-0.4, -0.2) is 23.4 Å². The summed E-state index contributed by atoms with van der Waals surface area (Å²) in [6.45, 7) is 7.14. The van der Waals surface area contributed by atoms with E-state index in [0.29, 0.717) is 21.9 Å². The lowest BCUT2D eigenvalue weighted by Gasteiger charge is -2.41. The summed E-state index contributed by atoms with van der Waals surface area (Å²) < 4.78 is 14.0. The van der Waals surface area contributed by atoms with Crippen molar-refractivity contribution < 1.29 is 9.18 Å². The summed E-state index contributed by atoms with van der Waals surface area (Å²) in [6, 6.07) is 4.44. The molecule has 0 radical (unpaired) electrons. The summed E-state index contributed by atoms with van der Waals surface area (Å²) in [5.41, 5.74) is 0.410. The van der Waals surface area contributed by atoms with Gasteiger partial charge >= 0.3 is 0 Å². The van der Waals surface area contributed by atoms with Gasteiger partial charge in [0.05, 0.1) is 5.56 Å². The molecule has 4 heteroatoms. The highest BCUT2D eigenvalue weighted by Crippen LogP contribution is 2.29. The van der Waals surface area contributed by atoms with Gasteiger partial charge in [0.2, 0.25) is 0 Å². The van der Waals surface area contributed by atoms with E-state index in [0.717, 1.165) is 13.0 Å². The summed E-state index contributed by atoms with van der Waals surface area (Å²) in [6.07, 6.45) is 1.13. The first-order chi connectivity index (χ1) is 8.90. The van der Waals surface area contributed by atoms with Crippen molar-refractivity contribution in [2.45, 2.75) is 33.2 Å². The lowest BCUT2D eigenvalue weighted by molar-refractivity contribution is 0.0454. The Hall–Kier alpha value is -0.900. The van der Waals surface area contributed by atoms with Gasteiger partial charge in [-0.2, -0.15) is 0 Å². The van der Waals surface area contributed by atoms with Crippen molar-refractivity contribution in [3.05, 3.63) is 34.1 Å². The molecular weight excluding hydrogens is 309 g/mol. The summed E-state index contributed by atoms with van der Waals surface area (Å²) in [4.78, 5) is 14.5. The molecule has 1 aromatic carbocycles. The van der Waals surface area contributed by atoms with E-state index in [9.17, 15) is 9.18 Å². The third-order valence-electron chi connectivity index (χ3n) is 4.02. The largest absolute Gasteiger partial charge is 0.335 e. The summed E-state index contributed by atoms with van der Waals surface area (Å²) in [5, 5.41) is 0. The fourth-order valence-corrected chi connectivity index (χ4v) is 3.22. The summed E-state index contributed by atoms with van der Waals surface area (Å²) in [7, 11) is 0. The van der Waals surface area contributed by atoms with Gasteiger partial charge in [0, 0.05) is 17.1 Å². The highest BCUT2D eigenvalue weighted by molar-refractivity contribution is 9.10. The van der Waals surface area contributed by atoms with Gasteiger partial charge in [-0.05, 0) is 59.3 Å². The molecule has 0 bridgehead atoms. The van der Waals surface area contributed by atoms with Crippen molar-refractivity contribution in [1.82, 2.24) is 4.90 Å². The van der Waals surface area contributed by atoms with Crippen molar-refractivity contribution in [3.8, 4) is 0 Å². The number of hydrogen-bond acceptors (Lipinski definition) is 1. The topological polar surface area (TPSA) is 20.3 Å². The van der Waals surface area contributed by atoms with Gasteiger partial charge in [0.25, 0.3) is 5.91 Å². The zero-order valence-electron chi connectivity index (χ0n) is 11.5. The Morgan fingerprint density at radius 2 is 2.05 bits per heavy atom. The summed E-state index contributed by atoms with van der Waals surface area (Å²) >= 11 is 3.33. The minimum atomic E-state index is -0.377. The molecule has 1 fully saturated rings. The van der Waals surface area contributed by atoms with E-state index in [1.807, 2.05) is 4.90 Å². The van der Waals surface area contributed by atoms with Crippen LogP contribution in [0.25, 0.3) is 0 Å². The zero-order chi connectivity index (χ0) is 14.2. The molecule has 1 aliphatic heterocycles. The average molecular weight is 328 g/mol. The Kier molecular flexibility index (Phi) is 4.29. The fourth-order valence-electron chi connectivity index (χ4n) is 2.80. The molecule has 0 aliphatic carbocycles. The molecule has 1 amide bonds. The molecule has 1 aromatic rings. The minimum absolute atomic E-state index is 0.0859. The third-order valence-corrected chi connectivity index (χ3v) is 4.71. The van der Waals surface area contributed by atoms with Crippen LogP contribution >= 0.6 is 15.9 Å². The van der Waals surface area contributed by atoms with Gasteiger partial charge in [-0.15, -0.1) is 0 Å². The Morgan fingerprint density at radius 3 is 2.74 bits per heavy atom. The van der Waals surface area contributed by atoms with Gasteiger partial charge in [-0.1, -0.05) is 13.8 Å². The maximum absolute atomic E-state index is 13.3. The Balaban J connectivity index is 2.30. The van der Waals surface area contributed by atoms with E-state index in [1.54, 1.807) is 6.07 Å². The molecule has 0 N–H and O–H groups in total. The van der Waals surface area contributed by atoms with E-state index in [2.05, 4.69) is 36.7 Å². The van der Waals surface area contributed by atoms with Gasteiger partial charge < -0.3 is 4.90 Å². The van der Waals surface area contributed by atoms with E-state index in [4.69, 9.17) is 0 Å². The predicted octanol–water partition coefficient (Wildman–Crippen LogP) is 4.09. The molecule has 19 heavy (non-hydrogen) atoms. The first kappa shape index (κ1) is 14.5. The van der Waals surface area contributed by atoms with Gasteiger partial charge in [0.15, 0.2) is 0 Å². The Morgan fingerprint density at radius 1 is 1.37 bits per heavy atom. The first-order valence-corrected chi connectivity index (χ1v) is 7.45. The van der Waals surface area contributed by atoms with Gasteiger partial charge in [0.1, 0.15) is 5.82 Å². The lowest BCUT2D eigenvalue weighted by Crippen LogP contribution is -2.48. The molecule has 0 saturated carbocycles. The average Bonchev–Trinajstić information content (AvgIpc) is 2.36. The van der Waals surface area contributed by atoms with Gasteiger partial charge in [-0.3, -0.25) is 4.79 Å². The van der Waals surface area contributed by atoms with Crippen molar-refractivity contribution in [1.29, 1.82) is 0 Å². The van der Waals surface area contributed by atoms with Gasteiger partial charge in [-0.25, -0.2) is 4.39 Å². The van der Waals surface area contributed by atoms with Crippen molar-refractivity contribution >= 4 is 21.8 Å². The predicted molar refractivity (Wildman–Crippen MR) is 77.5 cm³/mol. The number of piperidine rings is 1. The third kappa shape index (κ3) is 2.99. The van der Waals surface area contributed by atoms with Crippen molar-refractivity contribution in [3.63, 3.8) is 0 Å². The highest BCUT2D eigenvalue weighted by Gasteiger charge is 2.33. The number of halogens is 2. The molecule has 3 unspecified atom stereocenters. The smallest absolute Gasteiger partial charge is 0.255 e. The van der Waals surface area contributed by atoms with Crippen LogP contribution in [0.15, 0.2) is 22.7 Å². The number of carbonyl (C=O) groups is 1. The highest BCUT2D eigenvalue weighted by atomic mass is 79.9. The molecule has 1 aliphatic rings. The molecule has 0 aromatic heterocycles. The van der Waals surface area contributed by atoms with E-state index in [1.165, 1.54) is 12.1 Å². The number of amides is 1. The van der Waals surface area contributed by atoms with Crippen LogP contribution in [0.3, 0.4) is 0 Å². The second-order valence-electron chi connectivity index (χ2n) is 5.64. The second-order valence-corrected chi connectivity index (χ2v) is 6.49. The normalized spacial score (nSPS) is 27.4. The Bertz CT molecular complexity index is 491. The van der Waals surface area contributed by atoms with Crippen LogP contribution in [-0.2, 0) is 0 Å². The van der Waals surface area contributed by atoms with Crippen LogP contribution in [0.1, 0.15) is 37.6 Å².